The predicted octanol–water partition coefficient (Wildman–Crippen LogP) is 5.49. The van der Waals surface area contributed by atoms with Gasteiger partial charge in [0.15, 0.2) is 0 Å². The number of benzene rings is 3. The molecular weight excluding hydrogens is 562 g/mol. The number of carbonyl (C=O) groups excluding carboxylic acids is 2. The maximum atomic E-state index is 14.1. The SMILES string of the molecule is CC[C@H](C(=O)NC(C)C)N(Cc1ccc(OC)cc1)C(=O)CN(c1ccc(C)c(Cl)c1)S(=O)(=O)c1ccc(C)cc1. The number of methoxy groups -OCH3 is 1. The first kappa shape index (κ1) is 32.0. The molecule has 0 saturated carbocycles. The van der Waals surface area contributed by atoms with Gasteiger partial charge in [0.1, 0.15) is 18.3 Å². The Hall–Kier alpha value is -3.56. The minimum absolute atomic E-state index is 0.0406. The first-order valence-corrected chi connectivity index (χ1v) is 15.3. The highest BCUT2D eigenvalue weighted by molar-refractivity contribution is 7.92. The molecule has 0 spiro atoms. The molecule has 10 heteroatoms. The lowest BCUT2D eigenvalue weighted by molar-refractivity contribution is -0.140. The molecule has 0 aliphatic rings. The highest BCUT2D eigenvalue weighted by atomic mass is 35.5. The molecule has 3 aromatic carbocycles. The van der Waals surface area contributed by atoms with Crippen molar-refractivity contribution < 1.29 is 22.7 Å². The van der Waals surface area contributed by atoms with Crippen LogP contribution in [0.1, 0.15) is 43.9 Å². The van der Waals surface area contributed by atoms with Crippen molar-refractivity contribution in [1.29, 1.82) is 0 Å². The number of carbonyl (C=O) groups is 2. The first-order chi connectivity index (χ1) is 19.4. The van der Waals surface area contributed by atoms with Gasteiger partial charge in [-0.15, -0.1) is 0 Å². The summed E-state index contributed by atoms with van der Waals surface area (Å²) in [6.45, 7) is 8.75. The highest BCUT2D eigenvalue weighted by Crippen LogP contribution is 2.29. The van der Waals surface area contributed by atoms with Gasteiger partial charge in [-0.05, 0) is 81.6 Å². The van der Waals surface area contributed by atoms with Crippen LogP contribution in [0.25, 0.3) is 0 Å². The topological polar surface area (TPSA) is 96.0 Å². The second-order valence-electron chi connectivity index (χ2n) is 10.2. The van der Waals surface area contributed by atoms with Crippen molar-refractivity contribution in [3.8, 4) is 5.75 Å². The van der Waals surface area contributed by atoms with Crippen LogP contribution in [0.3, 0.4) is 0 Å². The van der Waals surface area contributed by atoms with Crippen molar-refractivity contribution in [3.05, 3.63) is 88.4 Å². The van der Waals surface area contributed by atoms with E-state index >= 15 is 0 Å². The van der Waals surface area contributed by atoms with E-state index in [1.807, 2.05) is 46.8 Å². The van der Waals surface area contributed by atoms with Gasteiger partial charge in [0.05, 0.1) is 17.7 Å². The Kier molecular flexibility index (Phi) is 10.8. The molecule has 220 valence electrons. The summed E-state index contributed by atoms with van der Waals surface area (Å²) in [5.41, 5.74) is 2.68. The zero-order valence-electron chi connectivity index (χ0n) is 24.3. The average molecular weight is 600 g/mol. The van der Waals surface area contributed by atoms with E-state index in [1.165, 1.54) is 23.1 Å². The number of hydrogen-bond acceptors (Lipinski definition) is 5. The van der Waals surface area contributed by atoms with E-state index in [0.29, 0.717) is 17.2 Å². The smallest absolute Gasteiger partial charge is 0.264 e. The monoisotopic (exact) mass is 599 g/mol. The third-order valence-electron chi connectivity index (χ3n) is 6.66. The first-order valence-electron chi connectivity index (χ1n) is 13.5. The second-order valence-corrected chi connectivity index (χ2v) is 12.5. The molecule has 8 nitrogen and oxygen atoms in total. The zero-order chi connectivity index (χ0) is 30.3. The van der Waals surface area contributed by atoms with Gasteiger partial charge in [0, 0.05) is 17.6 Å². The summed E-state index contributed by atoms with van der Waals surface area (Å²) in [6, 6.07) is 17.5. The quantitative estimate of drug-likeness (QED) is 0.297. The Morgan fingerprint density at radius 2 is 1.61 bits per heavy atom. The van der Waals surface area contributed by atoms with E-state index in [0.717, 1.165) is 21.0 Å². The minimum atomic E-state index is -4.17. The third-order valence-corrected chi connectivity index (χ3v) is 8.86. The van der Waals surface area contributed by atoms with Crippen LogP contribution in [-0.2, 0) is 26.2 Å². The number of ether oxygens (including phenoxy) is 1. The fourth-order valence-corrected chi connectivity index (χ4v) is 5.91. The molecule has 0 aliphatic carbocycles. The molecule has 0 saturated heterocycles. The van der Waals surface area contributed by atoms with Gasteiger partial charge in [-0.25, -0.2) is 8.42 Å². The average Bonchev–Trinajstić information content (AvgIpc) is 2.93. The molecule has 3 aromatic rings. The maximum Gasteiger partial charge on any atom is 0.264 e. The van der Waals surface area contributed by atoms with Crippen LogP contribution in [0.5, 0.6) is 5.75 Å². The van der Waals surface area contributed by atoms with Crippen LogP contribution in [0.4, 0.5) is 5.69 Å². The van der Waals surface area contributed by atoms with Gasteiger partial charge in [-0.2, -0.15) is 0 Å². The van der Waals surface area contributed by atoms with Gasteiger partial charge in [-0.3, -0.25) is 13.9 Å². The second kappa shape index (κ2) is 13.9. The molecule has 1 atom stereocenters. The molecule has 1 N–H and O–H groups in total. The number of amides is 2. The number of rotatable bonds is 12. The maximum absolute atomic E-state index is 14.1. The van der Waals surface area contributed by atoms with Crippen LogP contribution in [0, 0.1) is 13.8 Å². The molecule has 0 aliphatic heterocycles. The van der Waals surface area contributed by atoms with Crippen LogP contribution < -0.4 is 14.4 Å². The molecule has 0 bridgehead atoms. The molecule has 3 rings (SSSR count). The molecular formula is C31H38ClN3O5S. The summed E-state index contributed by atoms with van der Waals surface area (Å²) >= 11 is 6.39. The standard InChI is InChI=1S/C31H38ClN3O5S/c1-7-29(31(37)33-21(2)3)34(19-24-11-14-26(40-6)15-12-24)30(36)20-35(25-13-10-23(5)28(32)18-25)41(38,39)27-16-8-22(4)9-17-27/h8-18,21,29H,7,19-20H2,1-6H3,(H,33,37)/t29-/m1/s1. The van der Waals surface area contributed by atoms with Crippen LogP contribution in [-0.4, -0.2) is 50.9 Å². The highest BCUT2D eigenvalue weighted by Gasteiger charge is 2.34. The lowest BCUT2D eigenvalue weighted by Crippen LogP contribution is -2.53. The summed E-state index contributed by atoms with van der Waals surface area (Å²) in [7, 11) is -2.61. The van der Waals surface area contributed by atoms with Crippen molar-refractivity contribution in [1.82, 2.24) is 10.2 Å². The van der Waals surface area contributed by atoms with Crippen LogP contribution in [0.15, 0.2) is 71.6 Å². The summed E-state index contributed by atoms with van der Waals surface area (Å²) in [6.07, 6.45) is 0.335. The van der Waals surface area contributed by atoms with Crippen molar-refractivity contribution in [2.45, 2.75) is 64.6 Å². The fraction of sp³-hybridized carbons (Fsp3) is 0.355. The lowest BCUT2D eigenvalue weighted by atomic mass is 10.1. The van der Waals surface area contributed by atoms with E-state index in [1.54, 1.807) is 43.5 Å². The predicted molar refractivity (Wildman–Crippen MR) is 163 cm³/mol. The summed E-state index contributed by atoms with van der Waals surface area (Å²) in [5, 5.41) is 3.26. The van der Waals surface area contributed by atoms with E-state index in [4.69, 9.17) is 16.3 Å². The Morgan fingerprint density at radius 3 is 2.15 bits per heavy atom. The van der Waals surface area contributed by atoms with Crippen molar-refractivity contribution in [2.24, 2.45) is 0 Å². The van der Waals surface area contributed by atoms with Gasteiger partial charge < -0.3 is 15.0 Å². The Morgan fingerprint density at radius 1 is 0.976 bits per heavy atom. The van der Waals surface area contributed by atoms with Gasteiger partial charge in [0.2, 0.25) is 11.8 Å². The number of aryl methyl sites for hydroxylation is 2. The van der Waals surface area contributed by atoms with Gasteiger partial charge in [0.25, 0.3) is 10.0 Å². The molecule has 0 aromatic heterocycles. The number of anilines is 1. The molecule has 0 radical (unpaired) electrons. The van der Waals surface area contributed by atoms with E-state index in [-0.39, 0.29) is 29.1 Å². The zero-order valence-corrected chi connectivity index (χ0v) is 25.9. The van der Waals surface area contributed by atoms with Crippen molar-refractivity contribution >= 4 is 39.1 Å². The number of nitrogens with zero attached hydrogens (tertiary/aromatic N) is 2. The molecule has 0 unspecified atom stereocenters. The van der Waals surface area contributed by atoms with Crippen molar-refractivity contribution in [2.75, 3.05) is 18.0 Å². The van der Waals surface area contributed by atoms with Gasteiger partial charge >= 0.3 is 0 Å². The van der Waals surface area contributed by atoms with Crippen LogP contribution >= 0.6 is 11.6 Å². The molecule has 0 fully saturated rings. The van der Waals surface area contributed by atoms with E-state index in [9.17, 15) is 18.0 Å². The fourth-order valence-electron chi connectivity index (χ4n) is 4.33. The van der Waals surface area contributed by atoms with Gasteiger partial charge in [-0.1, -0.05) is 54.4 Å². The Labute approximate surface area is 248 Å². The Balaban J connectivity index is 2.08. The number of sulfonamides is 1. The minimum Gasteiger partial charge on any atom is -0.497 e. The molecule has 0 heterocycles. The summed E-state index contributed by atoms with van der Waals surface area (Å²) in [5.74, 6) is -0.183. The summed E-state index contributed by atoms with van der Waals surface area (Å²) in [4.78, 5) is 28.8. The largest absolute Gasteiger partial charge is 0.497 e. The normalized spacial score (nSPS) is 12.1. The van der Waals surface area contributed by atoms with E-state index < -0.39 is 28.5 Å². The third kappa shape index (κ3) is 8.01. The molecule has 41 heavy (non-hydrogen) atoms. The molecule has 2 amide bonds. The Bertz CT molecular complexity index is 1460. The summed E-state index contributed by atoms with van der Waals surface area (Å²) < 4.78 is 34.2. The number of nitrogens with one attached hydrogen (secondary N) is 1. The van der Waals surface area contributed by atoms with Crippen LogP contribution in [0.2, 0.25) is 5.02 Å². The number of hydrogen-bond donors (Lipinski definition) is 1. The van der Waals surface area contributed by atoms with E-state index in [2.05, 4.69) is 5.32 Å². The van der Waals surface area contributed by atoms with Crippen molar-refractivity contribution in [3.63, 3.8) is 0 Å². The lowest BCUT2D eigenvalue weighted by Gasteiger charge is -2.33. The number of halogens is 1.